The first kappa shape index (κ1) is 21.0. The number of pyridine rings is 1. The molecule has 1 saturated heterocycles. The Bertz CT molecular complexity index is 1100. The number of halogens is 1. The first-order chi connectivity index (χ1) is 15.0. The topological polar surface area (TPSA) is 59.5 Å². The third-order valence-corrected chi connectivity index (χ3v) is 5.88. The van der Waals surface area contributed by atoms with E-state index >= 15 is 0 Å². The molecular formula is C25H25FN2O3. The first-order valence-corrected chi connectivity index (χ1v) is 10.6. The number of nitrogens with zero attached hydrogens (tertiary/aromatic N) is 2. The zero-order chi connectivity index (χ0) is 21.8. The van der Waals surface area contributed by atoms with Crippen molar-refractivity contribution in [2.24, 2.45) is 5.41 Å². The predicted molar refractivity (Wildman–Crippen MR) is 116 cm³/mol. The number of aromatic nitrogens is 1. The quantitative estimate of drug-likeness (QED) is 0.574. The molecule has 31 heavy (non-hydrogen) atoms. The van der Waals surface area contributed by atoms with Crippen LogP contribution in [0.4, 0.5) is 4.39 Å². The standard InChI is InChI=1S/C25H25FN2O3/c1-2-31-24(30)25(15-18-8-10-21(26)11-9-18)12-5-13-28(17-25)23(29)22-14-19-6-3-4-7-20(19)16-27-22/h3-4,6-11,14,16H,2,5,12-13,15,17H2,1H3. The molecule has 0 aliphatic carbocycles. The summed E-state index contributed by atoms with van der Waals surface area (Å²) in [5.74, 6) is -0.835. The van der Waals surface area contributed by atoms with E-state index < -0.39 is 5.41 Å². The summed E-state index contributed by atoms with van der Waals surface area (Å²) in [6, 6.07) is 15.7. The molecule has 1 aliphatic rings. The van der Waals surface area contributed by atoms with Crippen LogP contribution in [0.1, 0.15) is 35.8 Å². The summed E-state index contributed by atoms with van der Waals surface area (Å²) < 4.78 is 18.8. The lowest BCUT2D eigenvalue weighted by atomic mass is 9.75. The molecule has 1 aliphatic heterocycles. The van der Waals surface area contributed by atoms with Crippen LogP contribution < -0.4 is 0 Å². The molecule has 1 amide bonds. The third kappa shape index (κ3) is 4.43. The number of esters is 1. The fraction of sp³-hybridized carbons (Fsp3) is 0.320. The summed E-state index contributed by atoms with van der Waals surface area (Å²) in [5, 5.41) is 1.91. The van der Waals surface area contributed by atoms with Gasteiger partial charge in [-0.3, -0.25) is 14.6 Å². The molecule has 160 valence electrons. The Kier molecular flexibility index (Phi) is 5.98. The van der Waals surface area contributed by atoms with Gasteiger partial charge in [-0.25, -0.2) is 4.39 Å². The summed E-state index contributed by atoms with van der Waals surface area (Å²) in [7, 11) is 0. The molecule has 5 nitrogen and oxygen atoms in total. The average molecular weight is 420 g/mol. The molecule has 1 unspecified atom stereocenters. The summed E-state index contributed by atoms with van der Waals surface area (Å²) in [4.78, 5) is 32.3. The van der Waals surface area contributed by atoms with Gasteiger partial charge in [0, 0.05) is 24.7 Å². The van der Waals surface area contributed by atoms with E-state index in [0.717, 1.165) is 16.3 Å². The number of carbonyl (C=O) groups is 2. The molecule has 2 aromatic carbocycles. The van der Waals surface area contributed by atoms with Gasteiger partial charge in [-0.15, -0.1) is 0 Å². The lowest BCUT2D eigenvalue weighted by molar-refractivity contribution is -0.158. The SMILES string of the molecule is CCOC(=O)C1(Cc2ccc(F)cc2)CCCN(C(=O)c2cc3ccccc3cn2)C1. The molecule has 0 saturated carbocycles. The van der Waals surface area contributed by atoms with Crippen molar-refractivity contribution in [3.05, 3.63) is 77.9 Å². The molecule has 1 fully saturated rings. The number of hydrogen-bond acceptors (Lipinski definition) is 4. The van der Waals surface area contributed by atoms with Crippen molar-refractivity contribution in [1.82, 2.24) is 9.88 Å². The van der Waals surface area contributed by atoms with Gasteiger partial charge in [-0.2, -0.15) is 0 Å². The molecule has 6 heteroatoms. The van der Waals surface area contributed by atoms with Gasteiger partial charge in [0.05, 0.1) is 12.0 Å². The lowest BCUT2D eigenvalue weighted by Gasteiger charge is -2.41. The number of amides is 1. The Morgan fingerprint density at radius 3 is 2.61 bits per heavy atom. The molecule has 4 rings (SSSR count). The maximum absolute atomic E-state index is 13.4. The van der Waals surface area contributed by atoms with Gasteiger partial charge in [-0.1, -0.05) is 36.4 Å². The fourth-order valence-corrected chi connectivity index (χ4v) is 4.33. The fourth-order valence-electron chi connectivity index (χ4n) is 4.33. The van der Waals surface area contributed by atoms with Crippen molar-refractivity contribution in [3.63, 3.8) is 0 Å². The van der Waals surface area contributed by atoms with E-state index in [9.17, 15) is 14.0 Å². The zero-order valence-electron chi connectivity index (χ0n) is 17.5. The van der Waals surface area contributed by atoms with Gasteiger partial charge in [0.2, 0.25) is 0 Å². The summed E-state index contributed by atoms with van der Waals surface area (Å²) in [6.45, 7) is 2.84. The number of ether oxygens (including phenoxy) is 1. The van der Waals surface area contributed by atoms with E-state index in [0.29, 0.717) is 31.5 Å². The van der Waals surface area contributed by atoms with E-state index in [1.165, 1.54) is 12.1 Å². The van der Waals surface area contributed by atoms with Gasteiger partial charge in [-0.05, 0) is 55.3 Å². The van der Waals surface area contributed by atoms with E-state index in [4.69, 9.17) is 4.74 Å². The molecule has 0 N–H and O–H groups in total. The van der Waals surface area contributed by atoms with Crippen molar-refractivity contribution in [1.29, 1.82) is 0 Å². The Balaban J connectivity index is 1.61. The Labute approximate surface area is 180 Å². The largest absolute Gasteiger partial charge is 0.466 e. The van der Waals surface area contributed by atoms with Crippen molar-refractivity contribution in [2.45, 2.75) is 26.2 Å². The lowest BCUT2D eigenvalue weighted by Crippen LogP contribution is -2.51. The second kappa shape index (κ2) is 8.84. The van der Waals surface area contributed by atoms with E-state index in [2.05, 4.69) is 4.98 Å². The van der Waals surface area contributed by atoms with Gasteiger partial charge in [0.25, 0.3) is 5.91 Å². The Morgan fingerprint density at radius 2 is 1.87 bits per heavy atom. The average Bonchev–Trinajstić information content (AvgIpc) is 2.80. The minimum absolute atomic E-state index is 0.196. The van der Waals surface area contributed by atoms with E-state index in [-0.39, 0.29) is 30.8 Å². The highest BCUT2D eigenvalue weighted by molar-refractivity contribution is 5.96. The van der Waals surface area contributed by atoms with Gasteiger partial charge in [0.1, 0.15) is 11.5 Å². The highest BCUT2D eigenvalue weighted by Crippen LogP contribution is 2.36. The second-order valence-corrected chi connectivity index (χ2v) is 8.05. The number of likely N-dealkylation sites (tertiary alicyclic amines) is 1. The van der Waals surface area contributed by atoms with Crippen LogP contribution in [0.15, 0.2) is 60.8 Å². The second-order valence-electron chi connectivity index (χ2n) is 8.05. The van der Waals surface area contributed by atoms with Crippen LogP contribution in [0.5, 0.6) is 0 Å². The Hall–Kier alpha value is -3.28. The van der Waals surface area contributed by atoms with Crippen molar-refractivity contribution in [3.8, 4) is 0 Å². The third-order valence-electron chi connectivity index (χ3n) is 5.88. The molecule has 2 heterocycles. The number of hydrogen-bond donors (Lipinski definition) is 0. The summed E-state index contributed by atoms with van der Waals surface area (Å²) >= 11 is 0. The molecule has 1 atom stereocenters. The van der Waals surface area contributed by atoms with Gasteiger partial charge < -0.3 is 9.64 Å². The zero-order valence-corrected chi connectivity index (χ0v) is 17.5. The van der Waals surface area contributed by atoms with E-state index in [1.807, 2.05) is 24.3 Å². The van der Waals surface area contributed by atoms with Crippen LogP contribution in [0.3, 0.4) is 0 Å². The molecule has 3 aromatic rings. The number of fused-ring (bicyclic) bond motifs is 1. The minimum atomic E-state index is -0.863. The molecule has 1 aromatic heterocycles. The smallest absolute Gasteiger partial charge is 0.314 e. The van der Waals surface area contributed by atoms with Crippen LogP contribution in [-0.2, 0) is 16.0 Å². The number of rotatable bonds is 5. The molecular weight excluding hydrogens is 395 g/mol. The maximum Gasteiger partial charge on any atom is 0.314 e. The number of piperidine rings is 1. The minimum Gasteiger partial charge on any atom is -0.466 e. The van der Waals surface area contributed by atoms with Crippen molar-refractivity contribution < 1.29 is 18.7 Å². The molecule has 0 radical (unpaired) electrons. The first-order valence-electron chi connectivity index (χ1n) is 10.6. The monoisotopic (exact) mass is 420 g/mol. The van der Waals surface area contributed by atoms with Crippen LogP contribution >= 0.6 is 0 Å². The maximum atomic E-state index is 13.4. The van der Waals surface area contributed by atoms with Gasteiger partial charge in [0.15, 0.2) is 0 Å². The van der Waals surface area contributed by atoms with E-state index in [1.54, 1.807) is 36.2 Å². The predicted octanol–water partition coefficient (Wildman–Crippen LogP) is 4.40. The van der Waals surface area contributed by atoms with Crippen molar-refractivity contribution >= 4 is 22.6 Å². The highest BCUT2D eigenvalue weighted by Gasteiger charge is 2.45. The van der Waals surface area contributed by atoms with Crippen LogP contribution in [0.2, 0.25) is 0 Å². The number of carbonyl (C=O) groups excluding carboxylic acids is 2. The molecule has 0 spiro atoms. The van der Waals surface area contributed by atoms with Gasteiger partial charge >= 0.3 is 5.97 Å². The van der Waals surface area contributed by atoms with Crippen LogP contribution in [-0.4, -0.2) is 41.5 Å². The van der Waals surface area contributed by atoms with Crippen LogP contribution in [0, 0.1) is 11.2 Å². The summed E-state index contributed by atoms with van der Waals surface area (Å²) in [5.41, 5.74) is 0.339. The van der Waals surface area contributed by atoms with Crippen LogP contribution in [0.25, 0.3) is 10.8 Å². The number of benzene rings is 2. The van der Waals surface area contributed by atoms with Crippen molar-refractivity contribution in [2.75, 3.05) is 19.7 Å². The molecule has 0 bridgehead atoms. The highest BCUT2D eigenvalue weighted by atomic mass is 19.1. The summed E-state index contributed by atoms with van der Waals surface area (Å²) in [6.07, 6.45) is 3.38. The Morgan fingerprint density at radius 1 is 1.13 bits per heavy atom. The normalized spacial score (nSPS) is 18.7.